The number of ether oxygens (including phenoxy) is 2. The second-order valence-electron chi connectivity index (χ2n) is 2.82. The van der Waals surface area contributed by atoms with Gasteiger partial charge in [0.25, 0.3) is 0 Å². The topological polar surface area (TPSA) is 18.5 Å². The molecule has 0 radical (unpaired) electrons. The van der Waals surface area contributed by atoms with E-state index in [-0.39, 0.29) is 12.2 Å². The van der Waals surface area contributed by atoms with E-state index in [0.717, 1.165) is 24.5 Å². The lowest BCUT2D eigenvalue weighted by Gasteiger charge is -2.28. The maximum absolute atomic E-state index is 5.67. The molecule has 2 unspecified atom stereocenters. The van der Waals surface area contributed by atoms with Crippen LogP contribution in [0.4, 0.5) is 0 Å². The molecule has 2 heterocycles. The van der Waals surface area contributed by atoms with Crippen LogP contribution in [-0.4, -0.2) is 24.6 Å². The molecule has 2 atom stereocenters. The van der Waals surface area contributed by atoms with Crippen LogP contribution >= 0.6 is 11.8 Å². The summed E-state index contributed by atoms with van der Waals surface area (Å²) in [7, 11) is 0. The lowest BCUT2D eigenvalue weighted by atomic mass is 10.2. The van der Waals surface area contributed by atoms with Gasteiger partial charge in [-0.15, -0.1) is 11.8 Å². The van der Waals surface area contributed by atoms with Gasteiger partial charge in [-0.1, -0.05) is 6.92 Å². The standard InChI is InChI=1S/C8H12O2S/c1-2-6-3-9-7-4-11-5-8(7)10-6/h5-7H,2-4H2,1H3. The van der Waals surface area contributed by atoms with Crippen molar-refractivity contribution < 1.29 is 9.47 Å². The minimum atomic E-state index is 0.253. The van der Waals surface area contributed by atoms with Crippen LogP contribution in [0.1, 0.15) is 13.3 Å². The monoisotopic (exact) mass is 172 g/mol. The Hall–Kier alpha value is -0.150. The Morgan fingerprint density at radius 3 is 3.45 bits per heavy atom. The van der Waals surface area contributed by atoms with Crippen LogP contribution in [0.15, 0.2) is 11.2 Å². The Balaban J connectivity index is 2.00. The summed E-state index contributed by atoms with van der Waals surface area (Å²) in [6.07, 6.45) is 1.58. The molecule has 0 amide bonds. The van der Waals surface area contributed by atoms with Crippen molar-refractivity contribution in [1.82, 2.24) is 0 Å². The van der Waals surface area contributed by atoms with Crippen LogP contribution in [-0.2, 0) is 9.47 Å². The lowest BCUT2D eigenvalue weighted by Crippen LogP contribution is -2.33. The highest BCUT2D eigenvalue weighted by Crippen LogP contribution is 2.30. The third-order valence-electron chi connectivity index (χ3n) is 2.01. The predicted octanol–water partition coefficient (Wildman–Crippen LogP) is 1.77. The summed E-state index contributed by atoms with van der Waals surface area (Å²) in [5.41, 5.74) is 0. The van der Waals surface area contributed by atoms with Gasteiger partial charge < -0.3 is 9.47 Å². The third-order valence-corrected chi connectivity index (χ3v) is 2.90. The molecule has 0 aromatic carbocycles. The van der Waals surface area contributed by atoms with Gasteiger partial charge in [-0.3, -0.25) is 0 Å². The van der Waals surface area contributed by atoms with E-state index in [1.165, 1.54) is 0 Å². The third kappa shape index (κ3) is 1.40. The molecule has 2 aliphatic rings. The Labute approximate surface area is 70.9 Å². The van der Waals surface area contributed by atoms with Crippen LogP contribution in [0.3, 0.4) is 0 Å². The molecule has 3 heteroatoms. The molecule has 1 fully saturated rings. The Morgan fingerprint density at radius 2 is 2.64 bits per heavy atom. The van der Waals surface area contributed by atoms with Crippen molar-refractivity contribution in [2.45, 2.75) is 25.6 Å². The van der Waals surface area contributed by atoms with E-state index in [4.69, 9.17) is 9.47 Å². The average Bonchev–Trinajstić information content (AvgIpc) is 2.50. The zero-order chi connectivity index (χ0) is 7.68. The summed E-state index contributed by atoms with van der Waals surface area (Å²) in [6.45, 7) is 2.88. The predicted molar refractivity (Wildman–Crippen MR) is 45.4 cm³/mol. The first-order valence-electron chi connectivity index (χ1n) is 4.00. The Kier molecular flexibility index (Phi) is 2.09. The molecule has 0 bridgehead atoms. The maximum atomic E-state index is 5.67. The van der Waals surface area contributed by atoms with Gasteiger partial charge in [0.2, 0.25) is 0 Å². The molecule has 0 aromatic heterocycles. The molecule has 2 rings (SSSR count). The lowest BCUT2D eigenvalue weighted by molar-refractivity contribution is -0.0784. The molecule has 62 valence electrons. The first kappa shape index (κ1) is 7.50. The highest BCUT2D eigenvalue weighted by atomic mass is 32.2. The molecule has 2 nitrogen and oxygen atoms in total. The average molecular weight is 172 g/mol. The van der Waals surface area contributed by atoms with Crippen LogP contribution in [0, 0.1) is 0 Å². The van der Waals surface area contributed by atoms with E-state index >= 15 is 0 Å². The van der Waals surface area contributed by atoms with Gasteiger partial charge in [0.15, 0.2) is 0 Å². The van der Waals surface area contributed by atoms with Crippen molar-refractivity contribution in [3.8, 4) is 0 Å². The summed E-state index contributed by atoms with van der Waals surface area (Å²) >= 11 is 1.78. The second kappa shape index (κ2) is 3.07. The van der Waals surface area contributed by atoms with Crippen molar-refractivity contribution in [1.29, 1.82) is 0 Å². The molecule has 11 heavy (non-hydrogen) atoms. The largest absolute Gasteiger partial charge is 0.489 e. The zero-order valence-corrected chi connectivity index (χ0v) is 7.39. The molecule has 0 spiro atoms. The normalized spacial score (nSPS) is 35.9. The Bertz CT molecular complexity index is 179. The Morgan fingerprint density at radius 1 is 1.73 bits per heavy atom. The van der Waals surface area contributed by atoms with Gasteiger partial charge in [-0.25, -0.2) is 0 Å². The highest BCUT2D eigenvalue weighted by molar-refractivity contribution is 8.02. The molecule has 0 N–H and O–H groups in total. The van der Waals surface area contributed by atoms with Gasteiger partial charge >= 0.3 is 0 Å². The smallest absolute Gasteiger partial charge is 0.132 e. The van der Waals surface area contributed by atoms with Crippen LogP contribution in [0.25, 0.3) is 0 Å². The van der Waals surface area contributed by atoms with E-state index in [2.05, 4.69) is 12.3 Å². The van der Waals surface area contributed by atoms with Gasteiger partial charge in [0, 0.05) is 11.2 Å². The molecule has 2 aliphatic heterocycles. The van der Waals surface area contributed by atoms with E-state index in [1.54, 1.807) is 11.8 Å². The molecule has 0 saturated carbocycles. The molecular formula is C8H12O2S. The fourth-order valence-electron chi connectivity index (χ4n) is 1.26. The van der Waals surface area contributed by atoms with Gasteiger partial charge in [-0.05, 0) is 6.42 Å². The minimum absolute atomic E-state index is 0.253. The van der Waals surface area contributed by atoms with Crippen LogP contribution in [0.5, 0.6) is 0 Å². The number of thioether (sulfide) groups is 1. The number of fused-ring (bicyclic) bond motifs is 1. The van der Waals surface area contributed by atoms with Crippen LogP contribution < -0.4 is 0 Å². The summed E-state index contributed by atoms with van der Waals surface area (Å²) in [5.74, 6) is 2.08. The quantitative estimate of drug-likeness (QED) is 0.600. The van der Waals surface area contributed by atoms with Crippen molar-refractivity contribution in [2.75, 3.05) is 12.4 Å². The first-order valence-corrected chi connectivity index (χ1v) is 5.05. The van der Waals surface area contributed by atoms with Crippen molar-refractivity contribution in [3.63, 3.8) is 0 Å². The first-order chi connectivity index (χ1) is 5.40. The summed E-state index contributed by atoms with van der Waals surface area (Å²) in [4.78, 5) is 0. The minimum Gasteiger partial charge on any atom is -0.489 e. The summed E-state index contributed by atoms with van der Waals surface area (Å²) in [6, 6.07) is 0. The maximum Gasteiger partial charge on any atom is 0.132 e. The van der Waals surface area contributed by atoms with E-state index in [0.29, 0.717) is 0 Å². The second-order valence-corrected chi connectivity index (χ2v) is 3.73. The molecule has 0 aliphatic carbocycles. The van der Waals surface area contributed by atoms with E-state index in [9.17, 15) is 0 Å². The van der Waals surface area contributed by atoms with Gasteiger partial charge in [0.1, 0.15) is 18.0 Å². The number of rotatable bonds is 1. The fraction of sp³-hybridized carbons (Fsp3) is 0.750. The fourth-order valence-corrected chi connectivity index (χ4v) is 2.16. The number of hydrogen-bond acceptors (Lipinski definition) is 3. The highest BCUT2D eigenvalue weighted by Gasteiger charge is 2.29. The van der Waals surface area contributed by atoms with Crippen molar-refractivity contribution in [2.24, 2.45) is 0 Å². The van der Waals surface area contributed by atoms with Gasteiger partial charge in [-0.2, -0.15) is 0 Å². The van der Waals surface area contributed by atoms with Crippen molar-refractivity contribution in [3.05, 3.63) is 11.2 Å². The van der Waals surface area contributed by atoms with Gasteiger partial charge in [0.05, 0.1) is 6.61 Å². The molecule has 0 aromatic rings. The zero-order valence-electron chi connectivity index (χ0n) is 6.58. The number of hydrogen-bond donors (Lipinski definition) is 0. The van der Waals surface area contributed by atoms with Crippen LogP contribution in [0.2, 0.25) is 0 Å². The van der Waals surface area contributed by atoms with E-state index < -0.39 is 0 Å². The van der Waals surface area contributed by atoms with E-state index in [1.807, 2.05) is 0 Å². The molecule has 1 saturated heterocycles. The summed E-state index contributed by atoms with van der Waals surface area (Å²) < 4.78 is 11.3. The van der Waals surface area contributed by atoms with Crippen molar-refractivity contribution >= 4 is 11.8 Å². The summed E-state index contributed by atoms with van der Waals surface area (Å²) in [5, 5.41) is 2.08. The molecular weight excluding hydrogens is 160 g/mol. The SMILES string of the molecule is CCC1COC2CSC=C2O1.